The van der Waals surface area contributed by atoms with Gasteiger partial charge in [0.05, 0.1) is 10.5 Å². The van der Waals surface area contributed by atoms with Crippen molar-refractivity contribution in [2.24, 2.45) is 0 Å². The van der Waals surface area contributed by atoms with Crippen LogP contribution in [-0.4, -0.2) is 10.0 Å². The molecular formula is C14H12ClNO4. The third-order valence-corrected chi connectivity index (χ3v) is 3.12. The zero-order valence-corrected chi connectivity index (χ0v) is 11.4. The number of phenols is 1. The monoisotopic (exact) mass is 293 g/mol. The van der Waals surface area contributed by atoms with Crippen LogP contribution in [0, 0.1) is 17.0 Å². The van der Waals surface area contributed by atoms with Crippen LogP contribution < -0.4 is 4.74 Å². The van der Waals surface area contributed by atoms with Crippen LogP contribution in [0.4, 0.5) is 5.69 Å². The largest absolute Gasteiger partial charge is 0.508 e. The molecule has 0 aliphatic heterocycles. The highest BCUT2D eigenvalue weighted by molar-refractivity contribution is 6.30. The second kappa shape index (κ2) is 5.79. The van der Waals surface area contributed by atoms with Gasteiger partial charge in [-0.3, -0.25) is 10.1 Å². The van der Waals surface area contributed by atoms with Crippen molar-refractivity contribution in [3.63, 3.8) is 0 Å². The van der Waals surface area contributed by atoms with Crippen LogP contribution in [-0.2, 0) is 6.61 Å². The predicted molar refractivity (Wildman–Crippen MR) is 75.3 cm³/mol. The van der Waals surface area contributed by atoms with Crippen LogP contribution in [0.15, 0.2) is 36.4 Å². The van der Waals surface area contributed by atoms with Crippen molar-refractivity contribution >= 4 is 17.3 Å². The summed E-state index contributed by atoms with van der Waals surface area (Å²) in [5, 5.41) is 20.8. The Bertz CT molecular complexity index is 658. The topological polar surface area (TPSA) is 72.6 Å². The Labute approximate surface area is 120 Å². The van der Waals surface area contributed by atoms with Gasteiger partial charge in [0.2, 0.25) is 0 Å². The Hall–Kier alpha value is -2.27. The first-order valence-electron chi connectivity index (χ1n) is 5.83. The van der Waals surface area contributed by atoms with Crippen molar-refractivity contribution in [3.8, 4) is 11.5 Å². The fourth-order valence-electron chi connectivity index (χ4n) is 1.74. The molecule has 20 heavy (non-hydrogen) atoms. The second-order valence-corrected chi connectivity index (χ2v) is 4.66. The maximum Gasteiger partial charge on any atom is 0.277 e. The van der Waals surface area contributed by atoms with Crippen LogP contribution >= 0.6 is 11.6 Å². The first-order chi connectivity index (χ1) is 9.49. The molecule has 0 amide bonds. The van der Waals surface area contributed by atoms with Crippen LogP contribution in [0.3, 0.4) is 0 Å². The number of nitro groups is 1. The lowest BCUT2D eigenvalue weighted by atomic mass is 10.2. The molecule has 0 aliphatic carbocycles. The first-order valence-corrected chi connectivity index (χ1v) is 6.21. The molecule has 0 saturated heterocycles. The lowest BCUT2D eigenvalue weighted by Gasteiger charge is -2.10. The number of aromatic hydroxyl groups is 1. The Balaban J connectivity index is 2.23. The van der Waals surface area contributed by atoms with E-state index in [2.05, 4.69) is 0 Å². The normalized spacial score (nSPS) is 10.3. The number of benzene rings is 2. The molecule has 0 fully saturated rings. The lowest BCUT2D eigenvalue weighted by Crippen LogP contribution is -2.01. The van der Waals surface area contributed by atoms with Crippen molar-refractivity contribution in [3.05, 3.63) is 62.7 Å². The third kappa shape index (κ3) is 3.00. The van der Waals surface area contributed by atoms with E-state index < -0.39 is 4.92 Å². The van der Waals surface area contributed by atoms with E-state index in [1.54, 1.807) is 37.3 Å². The van der Waals surface area contributed by atoms with Crippen LogP contribution in [0.5, 0.6) is 11.5 Å². The third-order valence-electron chi connectivity index (χ3n) is 2.88. The van der Waals surface area contributed by atoms with Gasteiger partial charge >= 0.3 is 0 Å². The Morgan fingerprint density at radius 3 is 2.80 bits per heavy atom. The molecular weight excluding hydrogens is 282 g/mol. The molecule has 1 N–H and O–H groups in total. The fraction of sp³-hybridized carbons (Fsp3) is 0.143. The minimum Gasteiger partial charge on any atom is -0.508 e. The summed E-state index contributed by atoms with van der Waals surface area (Å²) in [6.07, 6.45) is 0. The molecule has 2 rings (SSSR count). The molecule has 0 unspecified atom stereocenters. The molecule has 0 aliphatic rings. The number of hydrogen-bond donors (Lipinski definition) is 1. The zero-order chi connectivity index (χ0) is 14.7. The number of nitrogens with zero attached hydrogens (tertiary/aromatic N) is 1. The van der Waals surface area contributed by atoms with Gasteiger partial charge in [-0.2, -0.15) is 0 Å². The Kier molecular flexibility index (Phi) is 4.10. The minimum atomic E-state index is -0.500. The highest BCUT2D eigenvalue weighted by Gasteiger charge is 2.15. The first kappa shape index (κ1) is 14.1. The lowest BCUT2D eigenvalue weighted by molar-refractivity contribution is -0.385. The fourth-order valence-corrected chi connectivity index (χ4v) is 1.91. The molecule has 0 saturated carbocycles. The second-order valence-electron chi connectivity index (χ2n) is 4.22. The SMILES string of the molecule is Cc1c(O)cccc1OCc1ccc(Cl)cc1[N+](=O)[O-]. The van der Waals surface area contributed by atoms with Gasteiger partial charge in [0.15, 0.2) is 0 Å². The maximum atomic E-state index is 11.0. The van der Waals surface area contributed by atoms with Gasteiger partial charge in [-0.15, -0.1) is 0 Å². The number of nitro benzene ring substituents is 1. The van der Waals surface area contributed by atoms with Gasteiger partial charge < -0.3 is 9.84 Å². The van der Waals surface area contributed by atoms with Gasteiger partial charge in [0.25, 0.3) is 5.69 Å². The van der Waals surface area contributed by atoms with Crippen LogP contribution in [0.2, 0.25) is 5.02 Å². The molecule has 2 aromatic rings. The van der Waals surface area contributed by atoms with E-state index in [4.69, 9.17) is 16.3 Å². The summed E-state index contributed by atoms with van der Waals surface area (Å²) >= 11 is 5.75. The van der Waals surface area contributed by atoms with Gasteiger partial charge in [0.1, 0.15) is 18.1 Å². The molecule has 0 aromatic heterocycles. The average Bonchev–Trinajstić information content (AvgIpc) is 2.41. The minimum absolute atomic E-state index is 0.0256. The summed E-state index contributed by atoms with van der Waals surface area (Å²) in [6.45, 7) is 1.73. The molecule has 6 heteroatoms. The molecule has 0 heterocycles. The predicted octanol–water partition coefficient (Wildman–Crippen LogP) is 3.84. The summed E-state index contributed by atoms with van der Waals surface area (Å²) in [5.41, 5.74) is 0.918. The van der Waals surface area contributed by atoms with Crippen molar-refractivity contribution in [1.82, 2.24) is 0 Å². The molecule has 2 aromatic carbocycles. The number of ether oxygens (including phenoxy) is 1. The average molecular weight is 294 g/mol. The summed E-state index contributed by atoms with van der Waals surface area (Å²) in [6, 6.07) is 9.30. The Morgan fingerprint density at radius 1 is 1.35 bits per heavy atom. The summed E-state index contributed by atoms with van der Waals surface area (Å²) < 4.78 is 5.53. The summed E-state index contributed by atoms with van der Waals surface area (Å²) in [4.78, 5) is 10.5. The zero-order valence-electron chi connectivity index (χ0n) is 10.7. The van der Waals surface area contributed by atoms with Crippen molar-refractivity contribution < 1.29 is 14.8 Å². The maximum absolute atomic E-state index is 11.0. The Morgan fingerprint density at radius 2 is 2.10 bits per heavy atom. The summed E-state index contributed by atoms with van der Waals surface area (Å²) in [7, 11) is 0. The summed E-state index contributed by atoms with van der Waals surface area (Å²) in [5.74, 6) is 0.599. The van der Waals surface area contributed by atoms with Gasteiger partial charge in [-0.05, 0) is 31.2 Å². The number of halogens is 1. The van der Waals surface area contributed by atoms with Crippen molar-refractivity contribution in [1.29, 1.82) is 0 Å². The molecule has 0 atom stereocenters. The smallest absolute Gasteiger partial charge is 0.277 e. The number of rotatable bonds is 4. The molecule has 5 nitrogen and oxygen atoms in total. The van der Waals surface area contributed by atoms with Crippen molar-refractivity contribution in [2.45, 2.75) is 13.5 Å². The number of phenolic OH excluding ortho intramolecular Hbond substituents is 1. The molecule has 0 bridgehead atoms. The highest BCUT2D eigenvalue weighted by Crippen LogP contribution is 2.29. The van der Waals surface area contributed by atoms with Crippen LogP contribution in [0.25, 0.3) is 0 Å². The van der Waals surface area contributed by atoms with E-state index in [-0.39, 0.29) is 18.0 Å². The van der Waals surface area contributed by atoms with E-state index in [0.29, 0.717) is 21.9 Å². The van der Waals surface area contributed by atoms with Gasteiger partial charge in [-0.25, -0.2) is 0 Å². The van der Waals surface area contributed by atoms with E-state index >= 15 is 0 Å². The number of hydrogen-bond acceptors (Lipinski definition) is 4. The quantitative estimate of drug-likeness (QED) is 0.686. The van der Waals surface area contributed by atoms with E-state index in [1.165, 1.54) is 6.07 Å². The van der Waals surface area contributed by atoms with Crippen LogP contribution in [0.1, 0.15) is 11.1 Å². The molecule has 0 spiro atoms. The molecule has 104 valence electrons. The molecule has 0 radical (unpaired) electrons. The standard InChI is InChI=1S/C14H12ClNO4/c1-9-13(17)3-2-4-14(9)20-8-10-5-6-11(15)7-12(10)16(18)19/h2-7,17H,8H2,1H3. The van der Waals surface area contributed by atoms with E-state index in [9.17, 15) is 15.2 Å². The highest BCUT2D eigenvalue weighted by atomic mass is 35.5. The van der Waals surface area contributed by atoms with E-state index in [1.807, 2.05) is 0 Å². The van der Waals surface area contributed by atoms with Gasteiger partial charge in [0, 0.05) is 16.7 Å². The van der Waals surface area contributed by atoms with E-state index in [0.717, 1.165) is 0 Å². The van der Waals surface area contributed by atoms with Crippen molar-refractivity contribution in [2.75, 3.05) is 0 Å². The van der Waals surface area contributed by atoms with Gasteiger partial charge in [-0.1, -0.05) is 17.7 Å².